The minimum Gasteiger partial charge on any atom is -0.465 e. The summed E-state index contributed by atoms with van der Waals surface area (Å²) in [5.74, 6) is 0. The molecular weight excluding hydrogens is 270 g/mol. The molecule has 0 spiro atoms. The Balaban J connectivity index is 1.50. The van der Waals surface area contributed by atoms with Crippen LogP contribution in [0.15, 0.2) is 24.3 Å². The van der Waals surface area contributed by atoms with E-state index >= 15 is 0 Å². The first-order valence-corrected chi connectivity index (χ1v) is 7.46. The van der Waals surface area contributed by atoms with Gasteiger partial charge in [0.1, 0.15) is 0 Å². The van der Waals surface area contributed by atoms with Crippen LogP contribution in [-0.4, -0.2) is 52.6 Å². The number of fused-ring (bicyclic) bond motifs is 3. The maximum Gasteiger partial charge on any atom is 0.409 e. The molecule has 6 nitrogen and oxygen atoms in total. The average Bonchev–Trinajstić information content (AvgIpc) is 2.70. The van der Waals surface area contributed by atoms with E-state index in [1.807, 2.05) is 0 Å². The van der Waals surface area contributed by atoms with Gasteiger partial charge < -0.3 is 9.84 Å². The predicted octanol–water partition coefficient (Wildman–Crippen LogP) is 1.03. The molecular formula is C15H19N3O3. The van der Waals surface area contributed by atoms with Crippen molar-refractivity contribution in [1.29, 1.82) is 0 Å². The second-order valence-corrected chi connectivity index (χ2v) is 5.87. The van der Waals surface area contributed by atoms with E-state index in [1.165, 1.54) is 16.0 Å². The first kappa shape index (κ1) is 13.1. The maximum atomic E-state index is 11.3. The molecule has 0 saturated carbocycles. The summed E-state index contributed by atoms with van der Waals surface area (Å²) in [7, 11) is 0. The van der Waals surface area contributed by atoms with Gasteiger partial charge in [-0.15, -0.1) is 0 Å². The molecule has 1 aromatic rings. The van der Waals surface area contributed by atoms with Crippen molar-refractivity contribution in [3.8, 4) is 0 Å². The van der Waals surface area contributed by atoms with Crippen LogP contribution in [0.4, 0.5) is 4.79 Å². The molecule has 3 unspecified atom stereocenters. The molecule has 1 amide bonds. The van der Waals surface area contributed by atoms with Crippen LogP contribution in [-0.2, 0) is 17.7 Å². The monoisotopic (exact) mass is 289 g/mol. The third-order valence-corrected chi connectivity index (χ3v) is 4.77. The number of hydrogen-bond acceptors (Lipinski definition) is 4. The number of benzene rings is 1. The molecule has 0 aliphatic carbocycles. The molecule has 21 heavy (non-hydrogen) atoms. The topological polar surface area (TPSA) is 65.0 Å². The molecule has 3 saturated heterocycles. The molecule has 4 aliphatic heterocycles. The Morgan fingerprint density at radius 3 is 2.86 bits per heavy atom. The summed E-state index contributed by atoms with van der Waals surface area (Å²) in [5, 5.41) is 11.4. The van der Waals surface area contributed by atoms with Gasteiger partial charge in [0.25, 0.3) is 0 Å². The van der Waals surface area contributed by atoms with Gasteiger partial charge >= 0.3 is 6.09 Å². The lowest BCUT2D eigenvalue weighted by atomic mass is 9.93. The van der Waals surface area contributed by atoms with Gasteiger partial charge in [0.05, 0.1) is 12.1 Å². The molecule has 4 heterocycles. The second kappa shape index (κ2) is 4.98. The Kier molecular flexibility index (Phi) is 3.10. The minimum atomic E-state index is -0.888. The van der Waals surface area contributed by atoms with Crippen LogP contribution in [0.5, 0.6) is 0 Å². The molecule has 3 fully saturated rings. The highest BCUT2D eigenvalue weighted by molar-refractivity contribution is 5.65. The van der Waals surface area contributed by atoms with Crippen LogP contribution in [0.2, 0.25) is 0 Å². The zero-order chi connectivity index (χ0) is 14.4. The van der Waals surface area contributed by atoms with Crippen molar-refractivity contribution in [2.45, 2.75) is 37.8 Å². The number of piperidine rings is 1. The standard InChI is InChI=1S/C15H19N3O3/c19-15(20)17-7-6-12-13(14(17)21-12)18-8-5-10-3-1-2-4-11(10)9-16-18/h1-4,12-14,16H,5-9H2,(H,19,20). The molecule has 3 atom stereocenters. The molecule has 1 aromatic carbocycles. The van der Waals surface area contributed by atoms with Crippen molar-refractivity contribution in [3.63, 3.8) is 0 Å². The zero-order valence-electron chi connectivity index (χ0n) is 11.7. The number of amides is 1. The minimum absolute atomic E-state index is 0.129. The van der Waals surface area contributed by atoms with E-state index < -0.39 is 6.09 Å². The van der Waals surface area contributed by atoms with Gasteiger partial charge in [0.2, 0.25) is 0 Å². The lowest BCUT2D eigenvalue weighted by molar-refractivity contribution is -0.280. The lowest BCUT2D eigenvalue weighted by Gasteiger charge is -2.56. The normalized spacial score (nSPS) is 32.0. The number of carbonyl (C=O) groups is 1. The Morgan fingerprint density at radius 2 is 2.10 bits per heavy atom. The van der Waals surface area contributed by atoms with Gasteiger partial charge in [-0.1, -0.05) is 24.3 Å². The van der Waals surface area contributed by atoms with Gasteiger partial charge in [-0.25, -0.2) is 9.80 Å². The third kappa shape index (κ3) is 2.10. The highest BCUT2D eigenvalue weighted by atomic mass is 16.6. The number of hydrogen-bond donors (Lipinski definition) is 2. The van der Waals surface area contributed by atoms with Gasteiger partial charge in [0.15, 0.2) is 6.23 Å². The van der Waals surface area contributed by atoms with Crippen molar-refractivity contribution >= 4 is 6.09 Å². The fourth-order valence-corrected chi connectivity index (χ4v) is 3.62. The van der Waals surface area contributed by atoms with Crippen LogP contribution in [0.3, 0.4) is 0 Å². The molecule has 0 radical (unpaired) electrons. The number of carboxylic acid groups (broad SMARTS) is 1. The number of nitrogens with one attached hydrogen (secondary N) is 1. The van der Waals surface area contributed by atoms with Crippen LogP contribution < -0.4 is 5.43 Å². The average molecular weight is 289 g/mol. The fourth-order valence-electron chi connectivity index (χ4n) is 3.62. The molecule has 2 bridgehead atoms. The van der Waals surface area contributed by atoms with Gasteiger partial charge in [-0.2, -0.15) is 0 Å². The highest BCUT2D eigenvalue weighted by Gasteiger charge is 2.54. The van der Waals surface area contributed by atoms with Crippen molar-refractivity contribution in [3.05, 3.63) is 35.4 Å². The van der Waals surface area contributed by atoms with Crippen molar-refractivity contribution in [2.75, 3.05) is 13.1 Å². The fraction of sp³-hybridized carbons (Fsp3) is 0.533. The highest BCUT2D eigenvalue weighted by Crippen LogP contribution is 2.36. The summed E-state index contributed by atoms with van der Waals surface area (Å²) < 4.78 is 5.70. The summed E-state index contributed by atoms with van der Waals surface area (Å²) in [6.45, 7) is 2.25. The summed E-state index contributed by atoms with van der Waals surface area (Å²) in [6, 6.07) is 8.57. The van der Waals surface area contributed by atoms with E-state index in [0.29, 0.717) is 6.54 Å². The van der Waals surface area contributed by atoms with E-state index in [0.717, 1.165) is 25.9 Å². The van der Waals surface area contributed by atoms with E-state index in [9.17, 15) is 9.90 Å². The summed E-state index contributed by atoms with van der Waals surface area (Å²) in [4.78, 5) is 12.7. The Morgan fingerprint density at radius 1 is 1.29 bits per heavy atom. The van der Waals surface area contributed by atoms with Crippen molar-refractivity contribution < 1.29 is 14.6 Å². The van der Waals surface area contributed by atoms with E-state index in [4.69, 9.17) is 4.74 Å². The zero-order valence-corrected chi connectivity index (χ0v) is 11.7. The quantitative estimate of drug-likeness (QED) is 0.808. The molecule has 2 N–H and O–H groups in total. The Bertz CT molecular complexity index is 536. The largest absolute Gasteiger partial charge is 0.465 e. The first-order chi connectivity index (χ1) is 10.2. The SMILES string of the molecule is O=C(O)N1CCC2OC1C2N1CCc2ccccc2CN1. The molecule has 5 rings (SSSR count). The van der Waals surface area contributed by atoms with Crippen LogP contribution in [0.1, 0.15) is 17.5 Å². The predicted molar refractivity (Wildman–Crippen MR) is 75.5 cm³/mol. The third-order valence-electron chi connectivity index (χ3n) is 4.77. The Labute approximate surface area is 123 Å². The molecule has 6 heteroatoms. The van der Waals surface area contributed by atoms with E-state index in [2.05, 4.69) is 34.7 Å². The van der Waals surface area contributed by atoms with Crippen LogP contribution in [0, 0.1) is 0 Å². The summed E-state index contributed by atoms with van der Waals surface area (Å²) >= 11 is 0. The van der Waals surface area contributed by atoms with Crippen molar-refractivity contribution in [1.82, 2.24) is 15.3 Å². The lowest BCUT2D eigenvalue weighted by Crippen LogP contribution is -2.74. The molecule has 4 aliphatic rings. The van der Waals surface area contributed by atoms with E-state index in [1.54, 1.807) is 0 Å². The summed E-state index contributed by atoms with van der Waals surface area (Å²) in [5.41, 5.74) is 6.15. The Hall–Kier alpha value is -1.63. The van der Waals surface area contributed by atoms with Crippen LogP contribution in [0.25, 0.3) is 0 Å². The van der Waals surface area contributed by atoms with Crippen LogP contribution >= 0.6 is 0 Å². The second-order valence-electron chi connectivity index (χ2n) is 5.87. The maximum absolute atomic E-state index is 11.3. The number of rotatable bonds is 1. The van der Waals surface area contributed by atoms with Gasteiger partial charge in [-0.05, 0) is 24.0 Å². The van der Waals surface area contributed by atoms with Gasteiger partial charge in [0, 0.05) is 19.6 Å². The van der Waals surface area contributed by atoms with Gasteiger partial charge in [-0.3, -0.25) is 10.3 Å². The number of hydrazine groups is 1. The van der Waals surface area contributed by atoms with Crippen molar-refractivity contribution in [2.24, 2.45) is 0 Å². The molecule has 112 valence electrons. The smallest absolute Gasteiger partial charge is 0.409 e. The summed E-state index contributed by atoms with van der Waals surface area (Å²) in [6.07, 6.45) is 0.695. The number of ether oxygens (including phenoxy) is 1. The first-order valence-electron chi connectivity index (χ1n) is 7.46. The van der Waals surface area contributed by atoms with E-state index in [-0.39, 0.29) is 18.4 Å². The molecule has 0 aromatic heterocycles. The number of nitrogens with zero attached hydrogens (tertiary/aromatic N) is 2.